The summed E-state index contributed by atoms with van der Waals surface area (Å²) in [6, 6.07) is 9.60. The summed E-state index contributed by atoms with van der Waals surface area (Å²) >= 11 is 0. The number of aromatic nitrogens is 1. The normalized spacial score (nSPS) is 12.0. The number of rotatable bonds is 10. The summed E-state index contributed by atoms with van der Waals surface area (Å²) in [4.78, 5) is 4.19. The molecule has 0 saturated heterocycles. The van der Waals surface area contributed by atoms with Crippen molar-refractivity contribution in [2.45, 2.75) is 38.1 Å². The van der Waals surface area contributed by atoms with E-state index in [0.717, 1.165) is 18.9 Å². The lowest BCUT2D eigenvalue weighted by atomic mass is 10.0. The van der Waals surface area contributed by atoms with Gasteiger partial charge in [0.1, 0.15) is 0 Å². The van der Waals surface area contributed by atoms with E-state index in [4.69, 9.17) is 13.3 Å². The summed E-state index contributed by atoms with van der Waals surface area (Å²) in [6.07, 6.45) is 9.57. The van der Waals surface area contributed by atoms with Crippen molar-refractivity contribution in [2.24, 2.45) is 0 Å². The molecule has 1 aromatic carbocycles. The minimum Gasteiger partial charge on any atom is -0.377 e. The zero-order valence-corrected chi connectivity index (χ0v) is 15.4. The van der Waals surface area contributed by atoms with Gasteiger partial charge in [0, 0.05) is 45.2 Å². The Morgan fingerprint density at radius 3 is 2.35 bits per heavy atom. The predicted molar refractivity (Wildman–Crippen MR) is 95.5 cm³/mol. The van der Waals surface area contributed by atoms with Crippen molar-refractivity contribution >= 4 is 19.6 Å². The van der Waals surface area contributed by atoms with Gasteiger partial charge in [-0.3, -0.25) is 4.98 Å². The maximum atomic E-state index is 5.44. The lowest BCUT2D eigenvalue weighted by molar-refractivity contribution is 0.122. The molecule has 0 fully saturated rings. The van der Waals surface area contributed by atoms with Crippen LogP contribution in [0.1, 0.15) is 31.2 Å². The highest BCUT2D eigenvalue weighted by atomic mass is 28.4. The van der Waals surface area contributed by atoms with Crippen LogP contribution in [0.15, 0.2) is 36.7 Å². The Bertz CT molecular complexity index is 593. The predicted octanol–water partition coefficient (Wildman–Crippen LogP) is 4.22. The molecular weight excluding hydrogens is 306 g/mol. The van der Waals surface area contributed by atoms with Gasteiger partial charge in [0.25, 0.3) is 0 Å². The van der Waals surface area contributed by atoms with E-state index in [1.54, 1.807) is 21.3 Å². The van der Waals surface area contributed by atoms with Crippen LogP contribution in [0.5, 0.6) is 0 Å². The number of pyridine rings is 1. The van der Waals surface area contributed by atoms with Crippen molar-refractivity contribution in [1.29, 1.82) is 0 Å². The highest BCUT2D eigenvalue weighted by Crippen LogP contribution is 2.19. The molecule has 0 atom stereocenters. The van der Waals surface area contributed by atoms with Gasteiger partial charge >= 0.3 is 8.80 Å². The Hall–Kier alpha value is -1.27. The van der Waals surface area contributed by atoms with E-state index in [1.165, 1.54) is 35.6 Å². The Labute approximate surface area is 140 Å². The average Bonchev–Trinajstić information content (AvgIpc) is 2.61. The molecular formula is C18H27NO3Si. The number of hydrogen-bond donors (Lipinski definition) is 0. The van der Waals surface area contributed by atoms with Crippen LogP contribution in [0.4, 0.5) is 0 Å². The van der Waals surface area contributed by atoms with E-state index in [2.05, 4.69) is 29.2 Å². The molecule has 0 spiro atoms. The van der Waals surface area contributed by atoms with Crippen molar-refractivity contribution in [3.05, 3.63) is 42.2 Å². The van der Waals surface area contributed by atoms with Gasteiger partial charge in [-0.25, -0.2) is 0 Å². The van der Waals surface area contributed by atoms with Crippen molar-refractivity contribution in [1.82, 2.24) is 4.98 Å². The second-order valence-corrected chi connectivity index (χ2v) is 8.86. The van der Waals surface area contributed by atoms with Crippen LogP contribution in [-0.4, -0.2) is 35.1 Å². The quantitative estimate of drug-likeness (QED) is 0.482. The third kappa shape index (κ3) is 5.11. The lowest BCUT2D eigenvalue weighted by Gasteiger charge is -2.24. The fourth-order valence-electron chi connectivity index (χ4n) is 2.87. The maximum absolute atomic E-state index is 5.44. The molecule has 4 nitrogen and oxygen atoms in total. The van der Waals surface area contributed by atoms with Gasteiger partial charge in [0.2, 0.25) is 0 Å². The number of benzene rings is 1. The van der Waals surface area contributed by atoms with Gasteiger partial charge < -0.3 is 13.3 Å². The molecule has 0 aliphatic rings. The number of hydrogen-bond acceptors (Lipinski definition) is 4. The molecule has 0 aliphatic heterocycles. The summed E-state index contributed by atoms with van der Waals surface area (Å²) in [7, 11) is 2.64. The van der Waals surface area contributed by atoms with Gasteiger partial charge in [-0.15, -0.1) is 0 Å². The molecule has 0 unspecified atom stereocenters. The van der Waals surface area contributed by atoms with E-state index in [-0.39, 0.29) is 0 Å². The van der Waals surface area contributed by atoms with Crippen LogP contribution in [0, 0.1) is 0 Å². The molecule has 0 aliphatic carbocycles. The van der Waals surface area contributed by atoms with Crippen molar-refractivity contribution in [3.8, 4) is 0 Å². The summed E-state index contributed by atoms with van der Waals surface area (Å²) in [6.45, 7) is 0. The molecule has 126 valence electrons. The number of aryl methyl sites for hydroxylation is 1. The van der Waals surface area contributed by atoms with E-state index < -0.39 is 8.80 Å². The fraction of sp³-hybridized carbons (Fsp3) is 0.500. The Kier molecular flexibility index (Phi) is 7.17. The second-order valence-electron chi connectivity index (χ2n) is 5.77. The average molecular weight is 334 g/mol. The molecule has 0 N–H and O–H groups in total. The molecule has 5 heteroatoms. The summed E-state index contributed by atoms with van der Waals surface area (Å²) < 4.78 is 16.3. The molecule has 0 bridgehead atoms. The molecule has 1 aromatic heterocycles. The summed E-state index contributed by atoms with van der Waals surface area (Å²) in [5.74, 6) is 0. The highest BCUT2D eigenvalue weighted by Gasteiger charge is 2.36. The lowest BCUT2D eigenvalue weighted by Crippen LogP contribution is -2.42. The van der Waals surface area contributed by atoms with E-state index in [1.807, 2.05) is 12.4 Å². The summed E-state index contributed by atoms with van der Waals surface area (Å²) in [5, 5.41) is 2.48. The monoisotopic (exact) mass is 333 g/mol. The Morgan fingerprint density at radius 1 is 0.870 bits per heavy atom. The van der Waals surface area contributed by atoms with Crippen molar-refractivity contribution in [2.75, 3.05) is 21.3 Å². The molecule has 0 amide bonds. The fourth-order valence-corrected chi connectivity index (χ4v) is 4.67. The molecule has 0 radical (unpaired) electrons. The van der Waals surface area contributed by atoms with E-state index in [9.17, 15) is 0 Å². The highest BCUT2D eigenvalue weighted by molar-refractivity contribution is 6.60. The standard InChI is InChI=1S/C18H27NO3Si/c1-20-23(21-2,22-3)13-7-5-4-6-8-16-9-10-17-11-12-19-15-18(17)14-16/h9-12,14-15H,4-8,13H2,1-3H3. The topological polar surface area (TPSA) is 40.6 Å². The number of nitrogens with zero attached hydrogens (tertiary/aromatic N) is 1. The largest absolute Gasteiger partial charge is 0.500 e. The van der Waals surface area contributed by atoms with E-state index in [0.29, 0.717) is 0 Å². The van der Waals surface area contributed by atoms with E-state index >= 15 is 0 Å². The van der Waals surface area contributed by atoms with Crippen molar-refractivity contribution < 1.29 is 13.3 Å². The van der Waals surface area contributed by atoms with Crippen LogP contribution >= 0.6 is 0 Å². The molecule has 1 heterocycles. The smallest absolute Gasteiger partial charge is 0.377 e. The van der Waals surface area contributed by atoms with Gasteiger partial charge in [0.05, 0.1) is 0 Å². The van der Waals surface area contributed by atoms with Gasteiger partial charge in [-0.2, -0.15) is 0 Å². The third-order valence-corrected chi connectivity index (χ3v) is 7.17. The van der Waals surface area contributed by atoms with Crippen molar-refractivity contribution in [3.63, 3.8) is 0 Å². The molecule has 2 rings (SSSR count). The van der Waals surface area contributed by atoms with Crippen LogP contribution in [-0.2, 0) is 19.7 Å². The zero-order chi connectivity index (χ0) is 16.5. The minimum absolute atomic E-state index is 0.887. The summed E-state index contributed by atoms with van der Waals surface area (Å²) in [5.41, 5.74) is 1.39. The molecule has 23 heavy (non-hydrogen) atoms. The van der Waals surface area contributed by atoms with Crippen LogP contribution in [0.3, 0.4) is 0 Å². The number of fused-ring (bicyclic) bond motifs is 1. The zero-order valence-electron chi connectivity index (χ0n) is 14.4. The number of unbranched alkanes of at least 4 members (excludes halogenated alkanes) is 3. The first kappa shape index (κ1) is 18.1. The minimum atomic E-state index is -2.38. The Morgan fingerprint density at radius 2 is 1.61 bits per heavy atom. The Balaban J connectivity index is 1.70. The first-order valence-electron chi connectivity index (χ1n) is 8.21. The van der Waals surface area contributed by atoms with Crippen LogP contribution in [0.25, 0.3) is 10.8 Å². The maximum Gasteiger partial charge on any atom is 0.500 e. The second kappa shape index (κ2) is 9.13. The SMILES string of the molecule is CO[Si](CCCCCCc1ccc2ccncc2c1)(OC)OC. The first-order valence-corrected chi connectivity index (χ1v) is 10.1. The third-order valence-electron chi connectivity index (χ3n) is 4.34. The first-order chi connectivity index (χ1) is 11.2. The van der Waals surface area contributed by atoms with Crippen LogP contribution in [0.2, 0.25) is 6.04 Å². The van der Waals surface area contributed by atoms with Crippen LogP contribution < -0.4 is 0 Å². The van der Waals surface area contributed by atoms with Gasteiger partial charge in [-0.05, 0) is 42.3 Å². The molecule has 2 aromatic rings. The van der Waals surface area contributed by atoms with Gasteiger partial charge in [0.15, 0.2) is 0 Å². The molecule has 0 saturated carbocycles. The van der Waals surface area contributed by atoms with Gasteiger partial charge in [-0.1, -0.05) is 25.0 Å².